The molecule has 0 saturated heterocycles. The standard InChI is InChI=1S/C20H19N3O/c1-3-21-13-9-10-16-18(11-13)24-19-12-17(22-4-2)14-7-5-6-8-15(14)20(19)23-16/h5-12,22H,3-4H2,1-2H3. The van der Waals surface area contributed by atoms with E-state index in [4.69, 9.17) is 9.40 Å². The Morgan fingerprint density at radius 1 is 1.04 bits per heavy atom. The van der Waals surface area contributed by atoms with E-state index in [9.17, 15) is 0 Å². The molecule has 4 nitrogen and oxygen atoms in total. The molecule has 0 radical (unpaired) electrons. The number of benzene rings is 3. The fourth-order valence-corrected chi connectivity index (χ4v) is 3.06. The maximum absolute atomic E-state index is 6.17. The number of nitrogens with zero attached hydrogens (tertiary/aromatic N) is 2. The SMILES string of the molecule is CCN=c1ccc2nc3c(cc(NCC)c4ccccc43)oc-2c1. The molecule has 0 fully saturated rings. The normalized spacial score (nSPS) is 12.3. The van der Waals surface area contributed by atoms with Gasteiger partial charge in [-0.3, -0.25) is 4.99 Å². The molecule has 0 amide bonds. The van der Waals surface area contributed by atoms with Crippen molar-refractivity contribution in [3.8, 4) is 11.5 Å². The fraction of sp³-hybridized carbons (Fsp3) is 0.200. The summed E-state index contributed by atoms with van der Waals surface area (Å²) in [6.07, 6.45) is 0. The highest BCUT2D eigenvalue weighted by molar-refractivity contribution is 6.10. The van der Waals surface area contributed by atoms with E-state index >= 15 is 0 Å². The van der Waals surface area contributed by atoms with Gasteiger partial charge in [-0.2, -0.15) is 0 Å². The molecular formula is C20H19N3O. The third-order valence-electron chi connectivity index (χ3n) is 4.08. The smallest absolute Gasteiger partial charge is 0.155 e. The second kappa shape index (κ2) is 5.96. The van der Waals surface area contributed by atoms with E-state index in [2.05, 4.69) is 29.4 Å². The average molecular weight is 317 g/mol. The molecule has 4 rings (SSSR count). The minimum atomic E-state index is 0.752. The second-order valence-corrected chi connectivity index (χ2v) is 5.69. The molecule has 0 saturated carbocycles. The van der Waals surface area contributed by atoms with Crippen molar-refractivity contribution in [2.75, 3.05) is 18.4 Å². The van der Waals surface area contributed by atoms with Crippen molar-refractivity contribution in [1.29, 1.82) is 0 Å². The molecule has 1 aliphatic carbocycles. The minimum absolute atomic E-state index is 0.752. The van der Waals surface area contributed by atoms with Gasteiger partial charge in [-0.05, 0) is 26.0 Å². The maximum atomic E-state index is 6.17. The summed E-state index contributed by atoms with van der Waals surface area (Å²) in [6.45, 7) is 5.72. The predicted octanol–water partition coefficient (Wildman–Crippen LogP) is 4.44. The van der Waals surface area contributed by atoms with Gasteiger partial charge in [0.25, 0.3) is 0 Å². The Balaban J connectivity index is 2.09. The van der Waals surface area contributed by atoms with Crippen LogP contribution in [0.5, 0.6) is 0 Å². The number of aromatic nitrogens is 1. The van der Waals surface area contributed by atoms with Gasteiger partial charge in [0.2, 0.25) is 0 Å². The number of nitrogens with one attached hydrogen (secondary N) is 1. The summed E-state index contributed by atoms with van der Waals surface area (Å²) in [4.78, 5) is 9.28. The second-order valence-electron chi connectivity index (χ2n) is 5.69. The third-order valence-corrected chi connectivity index (χ3v) is 4.08. The summed E-state index contributed by atoms with van der Waals surface area (Å²) >= 11 is 0. The van der Waals surface area contributed by atoms with Crippen LogP contribution in [-0.2, 0) is 0 Å². The van der Waals surface area contributed by atoms with Crippen LogP contribution in [0.15, 0.2) is 57.9 Å². The van der Waals surface area contributed by atoms with Crippen LogP contribution >= 0.6 is 0 Å². The summed E-state index contributed by atoms with van der Waals surface area (Å²) in [5.41, 5.74) is 3.59. The van der Waals surface area contributed by atoms with Gasteiger partial charge < -0.3 is 9.73 Å². The van der Waals surface area contributed by atoms with Gasteiger partial charge in [-0.25, -0.2) is 4.98 Å². The zero-order chi connectivity index (χ0) is 16.5. The first kappa shape index (κ1) is 14.7. The largest absolute Gasteiger partial charge is 0.453 e. The van der Waals surface area contributed by atoms with Gasteiger partial charge in [0.15, 0.2) is 11.3 Å². The van der Waals surface area contributed by atoms with E-state index in [1.165, 1.54) is 0 Å². The Hall–Kier alpha value is -2.88. The Morgan fingerprint density at radius 3 is 2.67 bits per heavy atom. The molecule has 2 aliphatic rings. The summed E-state index contributed by atoms with van der Waals surface area (Å²) < 4.78 is 6.17. The zero-order valence-electron chi connectivity index (χ0n) is 13.8. The van der Waals surface area contributed by atoms with E-state index < -0.39 is 0 Å². The first-order valence-corrected chi connectivity index (χ1v) is 8.31. The molecule has 0 spiro atoms. The third kappa shape index (κ3) is 2.40. The monoisotopic (exact) mass is 317 g/mol. The first-order chi connectivity index (χ1) is 11.8. The molecule has 0 atom stereocenters. The van der Waals surface area contributed by atoms with Gasteiger partial charge in [0, 0.05) is 41.7 Å². The van der Waals surface area contributed by atoms with Gasteiger partial charge in [-0.1, -0.05) is 24.3 Å². The molecule has 0 bridgehead atoms. The predicted molar refractivity (Wildman–Crippen MR) is 98.4 cm³/mol. The van der Waals surface area contributed by atoms with Crippen LogP contribution in [0.1, 0.15) is 13.8 Å². The van der Waals surface area contributed by atoms with Crippen LogP contribution < -0.4 is 10.7 Å². The van der Waals surface area contributed by atoms with Gasteiger partial charge in [0.05, 0.1) is 5.36 Å². The van der Waals surface area contributed by atoms with Crippen LogP contribution in [0.4, 0.5) is 5.69 Å². The molecule has 0 unspecified atom stereocenters. The number of hydrogen-bond acceptors (Lipinski definition) is 4. The van der Waals surface area contributed by atoms with Crippen LogP contribution in [0.2, 0.25) is 0 Å². The highest BCUT2D eigenvalue weighted by atomic mass is 16.3. The highest BCUT2D eigenvalue weighted by Gasteiger charge is 2.13. The lowest BCUT2D eigenvalue weighted by Crippen LogP contribution is -2.03. The van der Waals surface area contributed by atoms with Crippen LogP contribution in [0.3, 0.4) is 0 Å². The van der Waals surface area contributed by atoms with E-state index in [0.29, 0.717) is 0 Å². The minimum Gasteiger partial charge on any atom is -0.453 e. The molecule has 4 heteroatoms. The molecule has 0 aromatic heterocycles. The van der Waals surface area contributed by atoms with Gasteiger partial charge in [0.1, 0.15) is 11.2 Å². The van der Waals surface area contributed by atoms with Crippen molar-refractivity contribution in [3.05, 3.63) is 53.9 Å². The van der Waals surface area contributed by atoms with Crippen LogP contribution in [-0.4, -0.2) is 18.1 Å². The lowest BCUT2D eigenvalue weighted by Gasteiger charge is -2.12. The molecule has 1 heterocycles. The molecule has 2 aromatic rings. The summed E-state index contributed by atoms with van der Waals surface area (Å²) in [7, 11) is 0. The Morgan fingerprint density at radius 2 is 1.88 bits per heavy atom. The Bertz CT molecular complexity index is 1070. The highest BCUT2D eigenvalue weighted by Crippen LogP contribution is 2.33. The quantitative estimate of drug-likeness (QED) is 0.449. The van der Waals surface area contributed by atoms with E-state index in [0.717, 1.165) is 57.5 Å². The molecule has 1 aliphatic heterocycles. The van der Waals surface area contributed by atoms with Crippen molar-refractivity contribution in [1.82, 2.24) is 4.98 Å². The lowest BCUT2D eigenvalue weighted by molar-refractivity contribution is 0.612. The summed E-state index contributed by atoms with van der Waals surface area (Å²) in [5.74, 6) is 0.759. The van der Waals surface area contributed by atoms with Gasteiger partial charge in [-0.15, -0.1) is 0 Å². The maximum Gasteiger partial charge on any atom is 0.155 e. The molecule has 1 N–H and O–H groups in total. The zero-order valence-corrected chi connectivity index (χ0v) is 13.8. The van der Waals surface area contributed by atoms with Crippen molar-refractivity contribution < 1.29 is 4.42 Å². The average Bonchev–Trinajstić information content (AvgIpc) is 2.61. The van der Waals surface area contributed by atoms with Crippen molar-refractivity contribution in [2.24, 2.45) is 4.99 Å². The molecule has 120 valence electrons. The van der Waals surface area contributed by atoms with E-state index in [-0.39, 0.29) is 0 Å². The topological polar surface area (TPSA) is 50.4 Å². The van der Waals surface area contributed by atoms with Crippen molar-refractivity contribution in [3.63, 3.8) is 0 Å². The van der Waals surface area contributed by atoms with E-state index in [1.807, 2.05) is 43.3 Å². The molecule has 24 heavy (non-hydrogen) atoms. The van der Waals surface area contributed by atoms with Crippen molar-refractivity contribution >= 4 is 27.6 Å². The number of anilines is 1. The fourth-order valence-electron chi connectivity index (χ4n) is 3.06. The first-order valence-electron chi connectivity index (χ1n) is 8.31. The number of fused-ring (bicyclic) bond motifs is 4. The molecular weight excluding hydrogens is 298 g/mol. The Labute approximate surface area is 140 Å². The molecule has 2 aromatic carbocycles. The number of rotatable bonds is 3. The van der Waals surface area contributed by atoms with Crippen molar-refractivity contribution in [2.45, 2.75) is 13.8 Å². The van der Waals surface area contributed by atoms with E-state index in [1.54, 1.807) is 0 Å². The van der Waals surface area contributed by atoms with Gasteiger partial charge >= 0.3 is 0 Å². The van der Waals surface area contributed by atoms with Crippen LogP contribution in [0.25, 0.3) is 33.3 Å². The summed E-state index contributed by atoms with van der Waals surface area (Å²) in [6, 6.07) is 16.2. The Kier molecular flexibility index (Phi) is 3.65. The summed E-state index contributed by atoms with van der Waals surface area (Å²) in [5, 5.41) is 6.59. The lowest BCUT2D eigenvalue weighted by atomic mass is 10.1. The number of hydrogen-bond donors (Lipinski definition) is 1. The van der Waals surface area contributed by atoms with Crippen LogP contribution in [0, 0.1) is 0 Å².